The number of hydrogen-bond donors (Lipinski definition) is 2. The average molecular weight is 258 g/mol. The second kappa shape index (κ2) is 6.15. The highest BCUT2D eigenvalue weighted by Gasteiger charge is 2.08. The van der Waals surface area contributed by atoms with Crippen LogP contribution >= 0.6 is 0 Å². The Bertz CT molecular complexity index is 545. The number of aryl methyl sites for hydroxylation is 1. The summed E-state index contributed by atoms with van der Waals surface area (Å²) in [6.07, 6.45) is 2.48. The number of carbonyl (C=O) groups excluding carboxylic acids is 1. The fourth-order valence-electron chi connectivity index (χ4n) is 1.86. The van der Waals surface area contributed by atoms with E-state index < -0.39 is 0 Å². The Morgan fingerprint density at radius 1 is 1.26 bits per heavy atom. The third kappa shape index (κ3) is 3.42. The van der Waals surface area contributed by atoms with E-state index in [0.29, 0.717) is 18.8 Å². The number of rotatable bonds is 5. The SMILES string of the molecule is Cn1nccc1C(=O)NCc1ccc(CCN)cc1. The highest BCUT2D eigenvalue weighted by atomic mass is 16.2. The summed E-state index contributed by atoms with van der Waals surface area (Å²) in [6, 6.07) is 9.79. The van der Waals surface area contributed by atoms with Crippen molar-refractivity contribution in [2.75, 3.05) is 6.54 Å². The highest BCUT2D eigenvalue weighted by Crippen LogP contribution is 2.05. The van der Waals surface area contributed by atoms with Crippen LogP contribution in [0.15, 0.2) is 36.5 Å². The predicted molar refractivity (Wildman–Crippen MR) is 73.6 cm³/mol. The molecule has 0 saturated carbocycles. The summed E-state index contributed by atoms with van der Waals surface area (Å²) in [4.78, 5) is 11.9. The first-order chi connectivity index (χ1) is 9.20. The van der Waals surface area contributed by atoms with E-state index in [4.69, 9.17) is 5.73 Å². The Balaban J connectivity index is 1.92. The van der Waals surface area contributed by atoms with E-state index in [-0.39, 0.29) is 5.91 Å². The molecule has 1 aromatic heterocycles. The van der Waals surface area contributed by atoms with Crippen molar-refractivity contribution >= 4 is 5.91 Å². The van der Waals surface area contributed by atoms with Crippen LogP contribution in [0.3, 0.4) is 0 Å². The van der Waals surface area contributed by atoms with Gasteiger partial charge in [0.05, 0.1) is 0 Å². The molecule has 0 aliphatic heterocycles. The second-order valence-electron chi connectivity index (χ2n) is 4.38. The van der Waals surface area contributed by atoms with Crippen molar-refractivity contribution in [3.8, 4) is 0 Å². The van der Waals surface area contributed by atoms with Crippen molar-refractivity contribution in [2.45, 2.75) is 13.0 Å². The number of nitrogens with two attached hydrogens (primary N) is 1. The molecule has 0 unspecified atom stereocenters. The van der Waals surface area contributed by atoms with Crippen LogP contribution in [-0.4, -0.2) is 22.2 Å². The normalized spacial score (nSPS) is 10.4. The Morgan fingerprint density at radius 3 is 2.53 bits per heavy atom. The van der Waals surface area contributed by atoms with Crippen LogP contribution in [0, 0.1) is 0 Å². The van der Waals surface area contributed by atoms with E-state index in [2.05, 4.69) is 10.4 Å². The zero-order valence-corrected chi connectivity index (χ0v) is 11.0. The Hall–Kier alpha value is -2.14. The topological polar surface area (TPSA) is 72.9 Å². The summed E-state index contributed by atoms with van der Waals surface area (Å²) in [5.41, 5.74) is 8.33. The standard InChI is InChI=1S/C14H18N4O/c1-18-13(7-9-17-18)14(19)16-10-12-4-2-11(3-5-12)6-8-15/h2-5,7,9H,6,8,10,15H2,1H3,(H,16,19). The fraction of sp³-hybridized carbons (Fsp3) is 0.286. The largest absolute Gasteiger partial charge is 0.347 e. The van der Waals surface area contributed by atoms with Crippen molar-refractivity contribution < 1.29 is 4.79 Å². The molecule has 0 atom stereocenters. The lowest BCUT2D eigenvalue weighted by molar-refractivity contribution is 0.0941. The van der Waals surface area contributed by atoms with Gasteiger partial charge in [-0.05, 0) is 30.2 Å². The van der Waals surface area contributed by atoms with Gasteiger partial charge in [-0.15, -0.1) is 0 Å². The molecule has 100 valence electrons. The van der Waals surface area contributed by atoms with Gasteiger partial charge in [0, 0.05) is 19.8 Å². The molecule has 0 saturated heterocycles. The zero-order valence-electron chi connectivity index (χ0n) is 11.0. The Labute approximate surface area is 112 Å². The minimum atomic E-state index is -0.119. The van der Waals surface area contributed by atoms with Gasteiger partial charge in [-0.1, -0.05) is 24.3 Å². The van der Waals surface area contributed by atoms with Gasteiger partial charge in [0.1, 0.15) is 5.69 Å². The average Bonchev–Trinajstić information content (AvgIpc) is 2.84. The van der Waals surface area contributed by atoms with Gasteiger partial charge in [-0.25, -0.2) is 0 Å². The van der Waals surface area contributed by atoms with Crippen molar-refractivity contribution in [3.63, 3.8) is 0 Å². The van der Waals surface area contributed by atoms with E-state index in [9.17, 15) is 4.79 Å². The number of nitrogens with one attached hydrogen (secondary N) is 1. The van der Waals surface area contributed by atoms with Crippen molar-refractivity contribution in [3.05, 3.63) is 53.3 Å². The zero-order chi connectivity index (χ0) is 13.7. The molecule has 1 heterocycles. The van der Waals surface area contributed by atoms with Gasteiger partial charge >= 0.3 is 0 Å². The van der Waals surface area contributed by atoms with E-state index in [0.717, 1.165) is 12.0 Å². The lowest BCUT2D eigenvalue weighted by atomic mass is 10.1. The van der Waals surface area contributed by atoms with Gasteiger partial charge in [0.15, 0.2) is 0 Å². The second-order valence-corrected chi connectivity index (χ2v) is 4.38. The first kappa shape index (κ1) is 13.3. The van der Waals surface area contributed by atoms with Gasteiger partial charge in [-0.2, -0.15) is 5.10 Å². The fourth-order valence-corrected chi connectivity index (χ4v) is 1.86. The van der Waals surface area contributed by atoms with Gasteiger partial charge in [-0.3, -0.25) is 9.48 Å². The summed E-state index contributed by atoms with van der Waals surface area (Å²) < 4.78 is 1.56. The lowest BCUT2D eigenvalue weighted by Gasteiger charge is -2.06. The van der Waals surface area contributed by atoms with Crippen LogP contribution in [0.4, 0.5) is 0 Å². The van der Waals surface area contributed by atoms with Gasteiger partial charge in [0.25, 0.3) is 5.91 Å². The predicted octanol–water partition coefficient (Wildman–Crippen LogP) is 0.851. The first-order valence-electron chi connectivity index (χ1n) is 6.25. The third-order valence-corrected chi connectivity index (χ3v) is 2.96. The van der Waals surface area contributed by atoms with E-state index in [1.807, 2.05) is 24.3 Å². The monoisotopic (exact) mass is 258 g/mol. The van der Waals surface area contributed by atoms with Crippen molar-refractivity contribution in [1.82, 2.24) is 15.1 Å². The number of aromatic nitrogens is 2. The molecule has 19 heavy (non-hydrogen) atoms. The number of carbonyl (C=O) groups is 1. The Kier molecular flexibility index (Phi) is 4.30. The molecule has 0 fully saturated rings. The maximum absolute atomic E-state index is 11.9. The summed E-state index contributed by atoms with van der Waals surface area (Å²) >= 11 is 0. The van der Waals surface area contributed by atoms with Crippen molar-refractivity contribution in [2.24, 2.45) is 12.8 Å². The quantitative estimate of drug-likeness (QED) is 0.835. The van der Waals surface area contributed by atoms with E-state index in [1.54, 1.807) is 24.0 Å². The summed E-state index contributed by atoms with van der Waals surface area (Å²) in [6.45, 7) is 1.16. The molecular weight excluding hydrogens is 240 g/mol. The van der Waals surface area contributed by atoms with Crippen LogP contribution in [0.5, 0.6) is 0 Å². The number of benzene rings is 1. The number of hydrogen-bond acceptors (Lipinski definition) is 3. The molecular formula is C14H18N4O. The smallest absolute Gasteiger partial charge is 0.269 e. The molecule has 2 aromatic rings. The van der Waals surface area contributed by atoms with E-state index >= 15 is 0 Å². The molecule has 5 nitrogen and oxygen atoms in total. The highest BCUT2D eigenvalue weighted by molar-refractivity contribution is 5.92. The molecule has 0 radical (unpaired) electrons. The molecule has 2 rings (SSSR count). The summed E-state index contributed by atoms with van der Waals surface area (Å²) in [5, 5.41) is 6.84. The van der Waals surface area contributed by atoms with E-state index in [1.165, 1.54) is 5.56 Å². The van der Waals surface area contributed by atoms with Crippen molar-refractivity contribution in [1.29, 1.82) is 0 Å². The molecule has 0 bridgehead atoms. The minimum absolute atomic E-state index is 0.119. The minimum Gasteiger partial charge on any atom is -0.347 e. The van der Waals surface area contributed by atoms with Gasteiger partial charge in [0.2, 0.25) is 0 Å². The Morgan fingerprint density at radius 2 is 1.95 bits per heavy atom. The molecule has 3 N–H and O–H groups in total. The summed E-state index contributed by atoms with van der Waals surface area (Å²) in [5.74, 6) is -0.119. The first-order valence-corrected chi connectivity index (χ1v) is 6.25. The number of nitrogens with zero attached hydrogens (tertiary/aromatic N) is 2. The number of amides is 1. The van der Waals surface area contributed by atoms with Gasteiger partial charge < -0.3 is 11.1 Å². The molecule has 5 heteroatoms. The maximum atomic E-state index is 11.9. The van der Waals surface area contributed by atoms with Crippen LogP contribution in [-0.2, 0) is 20.0 Å². The van der Waals surface area contributed by atoms with Crippen LogP contribution in [0.2, 0.25) is 0 Å². The van der Waals surface area contributed by atoms with Crippen LogP contribution in [0.25, 0.3) is 0 Å². The summed E-state index contributed by atoms with van der Waals surface area (Å²) in [7, 11) is 1.75. The molecule has 1 amide bonds. The molecule has 0 aliphatic rings. The molecule has 0 aliphatic carbocycles. The molecule has 1 aromatic carbocycles. The van der Waals surface area contributed by atoms with Crippen LogP contribution in [0.1, 0.15) is 21.6 Å². The third-order valence-electron chi connectivity index (χ3n) is 2.96. The maximum Gasteiger partial charge on any atom is 0.269 e. The molecule has 0 spiro atoms. The lowest BCUT2D eigenvalue weighted by Crippen LogP contribution is -2.25. The van der Waals surface area contributed by atoms with Crippen LogP contribution < -0.4 is 11.1 Å².